The third-order valence-corrected chi connectivity index (χ3v) is 3.27. The Labute approximate surface area is 125 Å². The summed E-state index contributed by atoms with van der Waals surface area (Å²) in [6.07, 6.45) is 1.69. The van der Waals surface area contributed by atoms with Gasteiger partial charge in [-0.1, -0.05) is 17.7 Å². The fourth-order valence-electron chi connectivity index (χ4n) is 2.14. The van der Waals surface area contributed by atoms with Gasteiger partial charge in [-0.2, -0.15) is 0 Å². The van der Waals surface area contributed by atoms with Crippen molar-refractivity contribution in [3.8, 4) is 0 Å². The van der Waals surface area contributed by atoms with Crippen molar-refractivity contribution in [2.45, 2.75) is 20.8 Å². The van der Waals surface area contributed by atoms with Gasteiger partial charge in [-0.3, -0.25) is 4.79 Å². The van der Waals surface area contributed by atoms with Crippen molar-refractivity contribution in [3.63, 3.8) is 0 Å². The Balaban J connectivity index is 2.21. The zero-order valence-corrected chi connectivity index (χ0v) is 12.8. The maximum atomic E-state index is 12.6. The SMILES string of the molecule is CCNc1ccc(C(=O)N(CC)c2ccc(C)cc2)nc1. The van der Waals surface area contributed by atoms with Gasteiger partial charge in [0.05, 0.1) is 11.9 Å². The number of amides is 1. The third-order valence-electron chi connectivity index (χ3n) is 3.27. The maximum absolute atomic E-state index is 12.6. The molecular weight excluding hydrogens is 262 g/mol. The Kier molecular flexibility index (Phi) is 4.93. The Morgan fingerprint density at radius 3 is 2.38 bits per heavy atom. The highest BCUT2D eigenvalue weighted by Crippen LogP contribution is 2.17. The third kappa shape index (κ3) is 3.60. The number of hydrogen-bond acceptors (Lipinski definition) is 3. The van der Waals surface area contributed by atoms with Crippen molar-refractivity contribution >= 4 is 17.3 Å². The molecule has 0 aliphatic carbocycles. The van der Waals surface area contributed by atoms with E-state index in [0.717, 1.165) is 17.9 Å². The molecule has 4 nitrogen and oxygen atoms in total. The van der Waals surface area contributed by atoms with Crippen LogP contribution in [0.15, 0.2) is 42.6 Å². The van der Waals surface area contributed by atoms with Crippen molar-refractivity contribution in [2.75, 3.05) is 23.3 Å². The Bertz CT molecular complexity index is 590. The van der Waals surface area contributed by atoms with Crippen LogP contribution in [0.25, 0.3) is 0 Å². The fourth-order valence-corrected chi connectivity index (χ4v) is 2.14. The van der Waals surface area contributed by atoms with Crippen LogP contribution in [0, 0.1) is 6.92 Å². The molecular formula is C17H21N3O. The number of carbonyl (C=O) groups excluding carboxylic acids is 1. The summed E-state index contributed by atoms with van der Waals surface area (Å²) in [7, 11) is 0. The fraction of sp³-hybridized carbons (Fsp3) is 0.294. The number of pyridine rings is 1. The highest BCUT2D eigenvalue weighted by atomic mass is 16.2. The number of nitrogens with one attached hydrogen (secondary N) is 1. The first-order chi connectivity index (χ1) is 10.2. The van der Waals surface area contributed by atoms with Crippen molar-refractivity contribution in [2.24, 2.45) is 0 Å². The van der Waals surface area contributed by atoms with Gasteiger partial charge in [0.1, 0.15) is 5.69 Å². The summed E-state index contributed by atoms with van der Waals surface area (Å²) in [4.78, 5) is 18.6. The molecule has 0 atom stereocenters. The minimum absolute atomic E-state index is 0.0793. The first-order valence-corrected chi connectivity index (χ1v) is 7.24. The molecule has 21 heavy (non-hydrogen) atoms. The summed E-state index contributed by atoms with van der Waals surface area (Å²) in [6.45, 7) is 7.46. The van der Waals surface area contributed by atoms with Gasteiger partial charge in [0.15, 0.2) is 0 Å². The number of aromatic nitrogens is 1. The van der Waals surface area contributed by atoms with Crippen LogP contribution in [0.1, 0.15) is 29.9 Å². The zero-order chi connectivity index (χ0) is 15.2. The summed E-state index contributed by atoms with van der Waals surface area (Å²) in [5.74, 6) is -0.0793. The molecule has 1 N–H and O–H groups in total. The maximum Gasteiger partial charge on any atom is 0.276 e. The Hall–Kier alpha value is -2.36. The van der Waals surface area contributed by atoms with Crippen LogP contribution in [0.2, 0.25) is 0 Å². The molecule has 0 unspecified atom stereocenters. The molecule has 0 saturated carbocycles. The van der Waals surface area contributed by atoms with Gasteiger partial charge >= 0.3 is 0 Å². The summed E-state index contributed by atoms with van der Waals surface area (Å²) in [5.41, 5.74) is 3.45. The predicted molar refractivity (Wildman–Crippen MR) is 86.9 cm³/mol. The van der Waals surface area contributed by atoms with Gasteiger partial charge < -0.3 is 10.2 Å². The van der Waals surface area contributed by atoms with E-state index in [4.69, 9.17) is 0 Å². The van der Waals surface area contributed by atoms with Crippen molar-refractivity contribution in [1.29, 1.82) is 0 Å². The van der Waals surface area contributed by atoms with Crippen molar-refractivity contribution in [1.82, 2.24) is 4.98 Å². The molecule has 1 aromatic heterocycles. The summed E-state index contributed by atoms with van der Waals surface area (Å²) in [6, 6.07) is 11.6. The topological polar surface area (TPSA) is 45.2 Å². The number of aryl methyl sites for hydroxylation is 1. The molecule has 1 heterocycles. The van der Waals surface area contributed by atoms with Crippen LogP contribution < -0.4 is 10.2 Å². The van der Waals surface area contributed by atoms with Gasteiger partial charge in [-0.05, 0) is 45.0 Å². The minimum atomic E-state index is -0.0793. The second kappa shape index (κ2) is 6.88. The molecule has 0 spiro atoms. The normalized spacial score (nSPS) is 10.2. The average Bonchev–Trinajstić information content (AvgIpc) is 2.51. The molecule has 1 amide bonds. The lowest BCUT2D eigenvalue weighted by molar-refractivity contribution is 0.0983. The quantitative estimate of drug-likeness (QED) is 0.913. The molecule has 0 saturated heterocycles. The summed E-state index contributed by atoms with van der Waals surface area (Å²) < 4.78 is 0. The molecule has 2 aromatic rings. The van der Waals surface area contributed by atoms with Crippen molar-refractivity contribution < 1.29 is 4.79 Å². The van der Waals surface area contributed by atoms with E-state index < -0.39 is 0 Å². The van der Waals surface area contributed by atoms with Crippen molar-refractivity contribution in [3.05, 3.63) is 53.9 Å². The monoisotopic (exact) mass is 283 g/mol. The van der Waals surface area contributed by atoms with Crippen LogP contribution in [-0.2, 0) is 0 Å². The van der Waals surface area contributed by atoms with Crippen LogP contribution in [0.4, 0.5) is 11.4 Å². The molecule has 0 aliphatic rings. The van der Waals surface area contributed by atoms with E-state index in [9.17, 15) is 4.79 Å². The molecule has 4 heteroatoms. The van der Waals surface area contributed by atoms with Gasteiger partial charge in [-0.15, -0.1) is 0 Å². The first kappa shape index (κ1) is 15.0. The zero-order valence-electron chi connectivity index (χ0n) is 12.8. The molecule has 0 aliphatic heterocycles. The number of benzene rings is 1. The standard InChI is InChI=1S/C17H21N3O/c1-4-18-14-8-11-16(19-12-14)17(21)20(5-2)15-9-6-13(3)7-10-15/h6-12,18H,4-5H2,1-3H3. The lowest BCUT2D eigenvalue weighted by Crippen LogP contribution is -2.31. The van der Waals surface area contributed by atoms with E-state index in [1.165, 1.54) is 5.56 Å². The van der Waals surface area contributed by atoms with E-state index in [-0.39, 0.29) is 5.91 Å². The van der Waals surface area contributed by atoms with E-state index in [2.05, 4.69) is 10.3 Å². The van der Waals surface area contributed by atoms with Gasteiger partial charge in [0.2, 0.25) is 0 Å². The van der Waals surface area contributed by atoms with Crippen LogP contribution in [0.3, 0.4) is 0 Å². The molecule has 1 aromatic carbocycles. The van der Waals surface area contributed by atoms with E-state index >= 15 is 0 Å². The molecule has 0 fully saturated rings. The summed E-state index contributed by atoms with van der Waals surface area (Å²) >= 11 is 0. The Morgan fingerprint density at radius 1 is 1.14 bits per heavy atom. The smallest absolute Gasteiger partial charge is 0.276 e. The molecule has 0 radical (unpaired) electrons. The second-order valence-electron chi connectivity index (χ2n) is 4.85. The first-order valence-electron chi connectivity index (χ1n) is 7.24. The van der Waals surface area contributed by atoms with E-state index in [1.54, 1.807) is 17.2 Å². The molecule has 110 valence electrons. The number of rotatable bonds is 5. The van der Waals surface area contributed by atoms with Crippen LogP contribution >= 0.6 is 0 Å². The average molecular weight is 283 g/mol. The second-order valence-corrected chi connectivity index (χ2v) is 4.85. The van der Waals surface area contributed by atoms with Gasteiger partial charge in [0.25, 0.3) is 5.91 Å². The minimum Gasteiger partial charge on any atom is -0.384 e. The van der Waals surface area contributed by atoms with E-state index in [1.807, 2.05) is 51.1 Å². The predicted octanol–water partition coefficient (Wildman–Crippen LogP) is 3.49. The number of anilines is 2. The number of carbonyl (C=O) groups is 1. The lowest BCUT2D eigenvalue weighted by Gasteiger charge is -2.21. The van der Waals surface area contributed by atoms with Crippen LogP contribution in [-0.4, -0.2) is 24.0 Å². The highest BCUT2D eigenvalue weighted by molar-refractivity contribution is 6.04. The van der Waals surface area contributed by atoms with Gasteiger partial charge in [0, 0.05) is 18.8 Å². The lowest BCUT2D eigenvalue weighted by atomic mass is 10.2. The molecule has 0 bridgehead atoms. The summed E-state index contributed by atoms with van der Waals surface area (Å²) in [5, 5.41) is 3.17. The number of nitrogens with zero attached hydrogens (tertiary/aromatic N) is 2. The van der Waals surface area contributed by atoms with Gasteiger partial charge in [-0.25, -0.2) is 4.98 Å². The largest absolute Gasteiger partial charge is 0.384 e. The Morgan fingerprint density at radius 2 is 1.86 bits per heavy atom. The number of hydrogen-bond donors (Lipinski definition) is 1. The van der Waals surface area contributed by atoms with E-state index in [0.29, 0.717) is 12.2 Å². The molecule has 2 rings (SSSR count). The van der Waals surface area contributed by atoms with Crippen LogP contribution in [0.5, 0.6) is 0 Å². The highest BCUT2D eigenvalue weighted by Gasteiger charge is 2.17.